The smallest absolute Gasteiger partial charge is 0.307 e. The van der Waals surface area contributed by atoms with Crippen LogP contribution in [-0.2, 0) is 11.2 Å². The largest absolute Gasteiger partial charge is 0.481 e. The van der Waals surface area contributed by atoms with Crippen LogP contribution in [0.5, 0.6) is 11.5 Å². The van der Waals surface area contributed by atoms with E-state index in [1.165, 1.54) is 0 Å². The molecule has 18 heavy (non-hydrogen) atoms. The zero-order valence-electron chi connectivity index (χ0n) is 9.67. The van der Waals surface area contributed by atoms with E-state index in [0.29, 0.717) is 22.7 Å². The third-order valence-electron chi connectivity index (χ3n) is 2.37. The van der Waals surface area contributed by atoms with E-state index in [2.05, 4.69) is 0 Å². The fourth-order valence-electron chi connectivity index (χ4n) is 1.57. The number of hydrogen-bond acceptors (Lipinski definition) is 3. The molecular weight excluding hydrogens is 230 g/mol. The number of rotatable bonds is 4. The Balaban J connectivity index is 2.13. The quantitative estimate of drug-likeness (QED) is 0.810. The van der Waals surface area contributed by atoms with Crippen molar-refractivity contribution in [3.8, 4) is 11.5 Å². The van der Waals surface area contributed by atoms with Crippen LogP contribution < -0.4 is 10.5 Å². The first kappa shape index (κ1) is 12.0. The molecule has 0 aliphatic heterocycles. The summed E-state index contributed by atoms with van der Waals surface area (Å²) < 4.78 is 5.61. The van der Waals surface area contributed by atoms with Crippen molar-refractivity contribution in [1.29, 1.82) is 0 Å². The van der Waals surface area contributed by atoms with Gasteiger partial charge in [-0.25, -0.2) is 0 Å². The van der Waals surface area contributed by atoms with Gasteiger partial charge in [-0.05, 0) is 42.0 Å². The second kappa shape index (κ2) is 5.23. The Morgan fingerprint density at radius 1 is 1.11 bits per heavy atom. The third-order valence-corrected chi connectivity index (χ3v) is 2.37. The van der Waals surface area contributed by atoms with E-state index >= 15 is 0 Å². The zero-order valence-corrected chi connectivity index (χ0v) is 9.67. The molecule has 3 N–H and O–H groups in total. The van der Waals surface area contributed by atoms with Crippen LogP contribution in [0.4, 0.5) is 5.69 Å². The van der Waals surface area contributed by atoms with Gasteiger partial charge >= 0.3 is 5.97 Å². The first-order valence-electron chi connectivity index (χ1n) is 5.47. The fraction of sp³-hybridized carbons (Fsp3) is 0.0714. The maximum absolute atomic E-state index is 10.6. The van der Waals surface area contributed by atoms with Crippen molar-refractivity contribution in [1.82, 2.24) is 0 Å². The lowest BCUT2D eigenvalue weighted by atomic mass is 10.1. The summed E-state index contributed by atoms with van der Waals surface area (Å²) in [4.78, 5) is 10.6. The average molecular weight is 243 g/mol. The highest BCUT2D eigenvalue weighted by Gasteiger charge is 2.03. The van der Waals surface area contributed by atoms with Gasteiger partial charge in [-0.1, -0.05) is 12.1 Å². The van der Waals surface area contributed by atoms with Crippen molar-refractivity contribution in [2.75, 3.05) is 5.73 Å². The maximum Gasteiger partial charge on any atom is 0.307 e. The molecule has 2 aromatic carbocycles. The molecule has 0 radical (unpaired) electrons. The van der Waals surface area contributed by atoms with Crippen LogP contribution in [0.25, 0.3) is 0 Å². The number of hydrogen-bond donors (Lipinski definition) is 2. The minimum Gasteiger partial charge on any atom is -0.481 e. The van der Waals surface area contributed by atoms with Crippen LogP contribution in [-0.4, -0.2) is 11.1 Å². The first-order chi connectivity index (χ1) is 8.63. The van der Waals surface area contributed by atoms with Gasteiger partial charge in [0.25, 0.3) is 0 Å². The lowest BCUT2D eigenvalue weighted by Crippen LogP contribution is -1.99. The zero-order chi connectivity index (χ0) is 13.0. The Labute approximate surface area is 105 Å². The number of carbonyl (C=O) groups is 1. The van der Waals surface area contributed by atoms with Crippen LogP contribution in [0.15, 0.2) is 48.5 Å². The highest BCUT2D eigenvalue weighted by Crippen LogP contribution is 2.23. The molecular formula is C14H13NO3. The fourth-order valence-corrected chi connectivity index (χ4v) is 1.57. The SMILES string of the molecule is Nc1ccc(Oc2cccc(CC(=O)O)c2)cc1. The van der Waals surface area contributed by atoms with E-state index < -0.39 is 5.97 Å². The van der Waals surface area contributed by atoms with Crippen LogP contribution in [0.3, 0.4) is 0 Å². The molecule has 0 amide bonds. The summed E-state index contributed by atoms with van der Waals surface area (Å²) in [6.45, 7) is 0. The highest BCUT2D eigenvalue weighted by atomic mass is 16.5. The van der Waals surface area contributed by atoms with Gasteiger partial charge in [0.1, 0.15) is 11.5 Å². The number of nitrogens with two attached hydrogens (primary N) is 1. The lowest BCUT2D eigenvalue weighted by Gasteiger charge is -2.07. The van der Waals surface area contributed by atoms with Crippen LogP contribution in [0.2, 0.25) is 0 Å². The Hall–Kier alpha value is -2.49. The maximum atomic E-state index is 10.6. The van der Waals surface area contributed by atoms with Crippen molar-refractivity contribution >= 4 is 11.7 Å². The van der Waals surface area contributed by atoms with E-state index in [0.717, 1.165) is 0 Å². The van der Waals surface area contributed by atoms with E-state index in [1.54, 1.807) is 48.5 Å². The number of anilines is 1. The Kier molecular flexibility index (Phi) is 3.48. The van der Waals surface area contributed by atoms with Crippen molar-refractivity contribution in [3.63, 3.8) is 0 Å². The van der Waals surface area contributed by atoms with Crippen molar-refractivity contribution in [2.24, 2.45) is 0 Å². The predicted molar refractivity (Wildman–Crippen MR) is 68.7 cm³/mol. The monoisotopic (exact) mass is 243 g/mol. The molecule has 92 valence electrons. The topological polar surface area (TPSA) is 72.5 Å². The molecule has 0 aromatic heterocycles. The molecule has 0 bridgehead atoms. The Morgan fingerprint density at radius 3 is 2.50 bits per heavy atom. The van der Waals surface area contributed by atoms with Gasteiger partial charge in [-0.15, -0.1) is 0 Å². The normalized spacial score (nSPS) is 10.0. The Bertz CT molecular complexity index is 549. The van der Waals surface area contributed by atoms with Gasteiger partial charge < -0.3 is 15.6 Å². The molecule has 0 atom stereocenters. The summed E-state index contributed by atoms with van der Waals surface area (Å²) in [5.41, 5.74) is 6.95. The predicted octanol–water partition coefficient (Wildman–Crippen LogP) is 2.69. The number of carboxylic acids is 1. The molecule has 2 rings (SSSR count). The molecule has 0 spiro atoms. The first-order valence-corrected chi connectivity index (χ1v) is 5.47. The summed E-state index contributed by atoms with van der Waals surface area (Å²) in [6.07, 6.45) is -0.0149. The summed E-state index contributed by atoms with van der Waals surface area (Å²) in [7, 11) is 0. The summed E-state index contributed by atoms with van der Waals surface area (Å²) in [5, 5.41) is 8.72. The number of nitrogen functional groups attached to an aromatic ring is 1. The standard InChI is InChI=1S/C14H13NO3/c15-11-4-6-12(7-5-11)18-13-3-1-2-10(8-13)9-14(16)17/h1-8H,9,15H2,(H,16,17). The van der Waals surface area contributed by atoms with E-state index in [4.69, 9.17) is 15.6 Å². The molecule has 0 heterocycles. The summed E-state index contributed by atoms with van der Waals surface area (Å²) >= 11 is 0. The second-order valence-corrected chi connectivity index (χ2v) is 3.89. The van der Waals surface area contributed by atoms with Crippen molar-refractivity contribution in [3.05, 3.63) is 54.1 Å². The van der Waals surface area contributed by atoms with Crippen LogP contribution in [0, 0.1) is 0 Å². The minimum absolute atomic E-state index is 0.0149. The van der Waals surface area contributed by atoms with E-state index in [9.17, 15) is 4.79 Å². The molecule has 0 fully saturated rings. The number of aliphatic carboxylic acids is 1. The average Bonchev–Trinajstić information content (AvgIpc) is 2.32. The number of carboxylic acid groups (broad SMARTS) is 1. The molecule has 0 aliphatic rings. The second-order valence-electron chi connectivity index (χ2n) is 3.89. The summed E-state index contributed by atoms with van der Waals surface area (Å²) in [5.74, 6) is 0.412. The third kappa shape index (κ3) is 3.25. The van der Waals surface area contributed by atoms with Gasteiger partial charge in [-0.2, -0.15) is 0 Å². The van der Waals surface area contributed by atoms with Crippen molar-refractivity contribution in [2.45, 2.75) is 6.42 Å². The minimum atomic E-state index is -0.861. The molecule has 4 nitrogen and oxygen atoms in total. The highest BCUT2D eigenvalue weighted by molar-refractivity contribution is 5.70. The molecule has 0 aliphatic carbocycles. The van der Waals surface area contributed by atoms with E-state index in [-0.39, 0.29) is 6.42 Å². The van der Waals surface area contributed by atoms with Crippen LogP contribution in [0.1, 0.15) is 5.56 Å². The van der Waals surface area contributed by atoms with E-state index in [1.807, 2.05) is 0 Å². The van der Waals surface area contributed by atoms with Crippen molar-refractivity contribution < 1.29 is 14.6 Å². The number of benzene rings is 2. The molecule has 2 aromatic rings. The summed E-state index contributed by atoms with van der Waals surface area (Å²) in [6, 6.07) is 14.0. The number of ether oxygens (including phenoxy) is 1. The van der Waals surface area contributed by atoms with Crippen LogP contribution >= 0.6 is 0 Å². The Morgan fingerprint density at radius 2 is 1.83 bits per heavy atom. The molecule has 0 unspecified atom stereocenters. The molecule has 0 saturated carbocycles. The van der Waals surface area contributed by atoms with Gasteiger partial charge in [-0.3, -0.25) is 4.79 Å². The lowest BCUT2D eigenvalue weighted by molar-refractivity contribution is -0.136. The van der Waals surface area contributed by atoms with Gasteiger partial charge in [0.2, 0.25) is 0 Å². The van der Waals surface area contributed by atoms with Gasteiger partial charge in [0, 0.05) is 5.69 Å². The molecule has 4 heteroatoms. The molecule has 0 saturated heterocycles. The van der Waals surface area contributed by atoms with Gasteiger partial charge in [0.05, 0.1) is 6.42 Å². The van der Waals surface area contributed by atoms with Gasteiger partial charge in [0.15, 0.2) is 0 Å².